The van der Waals surface area contributed by atoms with Crippen LogP contribution >= 0.6 is 0 Å². The lowest BCUT2D eigenvalue weighted by atomic mass is 10.1. The van der Waals surface area contributed by atoms with E-state index in [0.29, 0.717) is 17.1 Å². The summed E-state index contributed by atoms with van der Waals surface area (Å²) in [5.41, 5.74) is -0.0432. The summed E-state index contributed by atoms with van der Waals surface area (Å²) in [4.78, 5) is 11.4. The average Bonchev–Trinajstić information content (AvgIpc) is 2.51. The van der Waals surface area contributed by atoms with E-state index < -0.39 is 30.7 Å². The number of benzene rings is 1. The smallest absolute Gasteiger partial charge is 0.407 e. The molecule has 0 unspecified atom stereocenters. The van der Waals surface area contributed by atoms with Gasteiger partial charge >= 0.3 is 6.09 Å². The van der Waals surface area contributed by atoms with Gasteiger partial charge in [-0.05, 0) is 26.8 Å². The highest BCUT2D eigenvalue weighted by Gasteiger charge is 2.30. The van der Waals surface area contributed by atoms with Gasteiger partial charge in [-0.25, -0.2) is 13.6 Å². The van der Waals surface area contributed by atoms with Crippen LogP contribution in [0.2, 0.25) is 0 Å². The van der Waals surface area contributed by atoms with Crippen LogP contribution in [0.5, 0.6) is 11.5 Å². The number of alkyl halides is 2. The van der Waals surface area contributed by atoms with Crippen molar-refractivity contribution in [2.24, 2.45) is 0 Å². The molecule has 2 N–H and O–H groups in total. The molecule has 0 aliphatic heterocycles. The van der Waals surface area contributed by atoms with Gasteiger partial charge in [0.2, 0.25) is 0 Å². The number of carbonyl (C=O) groups excluding carboxylic acids is 1. The zero-order chi connectivity index (χ0) is 19.1. The van der Waals surface area contributed by atoms with Crippen molar-refractivity contribution in [3.8, 4) is 11.5 Å². The third kappa shape index (κ3) is 7.55. The average molecular weight is 360 g/mol. The van der Waals surface area contributed by atoms with E-state index in [2.05, 4.69) is 10.6 Å². The Balaban J connectivity index is 2.50. The van der Waals surface area contributed by atoms with E-state index in [1.54, 1.807) is 39.0 Å². The maximum atomic E-state index is 13.9. The van der Waals surface area contributed by atoms with Crippen LogP contribution in [0.3, 0.4) is 0 Å². The van der Waals surface area contributed by atoms with Crippen molar-refractivity contribution in [2.75, 3.05) is 27.3 Å². The number of carbonyl (C=O) groups is 1. The second-order valence-corrected chi connectivity index (χ2v) is 6.47. The Morgan fingerprint density at radius 1 is 1.12 bits per heavy atom. The highest BCUT2D eigenvalue weighted by Crippen LogP contribution is 2.30. The maximum absolute atomic E-state index is 13.9. The number of nitrogens with one attached hydrogen (secondary N) is 2. The topological polar surface area (TPSA) is 68.8 Å². The molecule has 0 aliphatic rings. The first-order valence-corrected chi connectivity index (χ1v) is 7.83. The third-order valence-electron chi connectivity index (χ3n) is 3.07. The van der Waals surface area contributed by atoms with Crippen molar-refractivity contribution in [1.29, 1.82) is 0 Å². The molecule has 1 rings (SSSR count). The van der Waals surface area contributed by atoms with Crippen molar-refractivity contribution >= 4 is 6.09 Å². The molecule has 0 saturated heterocycles. The molecular formula is C17H26F2N2O4. The van der Waals surface area contributed by atoms with Gasteiger partial charge in [0.25, 0.3) is 5.92 Å². The zero-order valence-corrected chi connectivity index (χ0v) is 15.2. The zero-order valence-electron chi connectivity index (χ0n) is 15.2. The van der Waals surface area contributed by atoms with E-state index in [9.17, 15) is 13.6 Å². The second kappa shape index (κ2) is 8.84. The Morgan fingerprint density at radius 2 is 1.80 bits per heavy atom. The minimum Gasteiger partial charge on any atom is -0.493 e. The molecule has 25 heavy (non-hydrogen) atoms. The van der Waals surface area contributed by atoms with Crippen molar-refractivity contribution in [2.45, 2.75) is 38.8 Å². The molecule has 0 bridgehead atoms. The Labute approximate surface area is 146 Å². The lowest BCUT2D eigenvalue weighted by molar-refractivity contribution is -0.00379. The van der Waals surface area contributed by atoms with E-state index in [4.69, 9.17) is 14.2 Å². The lowest BCUT2D eigenvalue weighted by Gasteiger charge is -2.22. The molecule has 142 valence electrons. The van der Waals surface area contributed by atoms with Gasteiger partial charge in [0.05, 0.1) is 27.3 Å². The number of ether oxygens (including phenoxy) is 3. The van der Waals surface area contributed by atoms with Crippen LogP contribution in [-0.2, 0) is 11.3 Å². The summed E-state index contributed by atoms with van der Waals surface area (Å²) in [6, 6.07) is 5.23. The number of amides is 1. The van der Waals surface area contributed by atoms with Gasteiger partial charge in [0, 0.05) is 12.1 Å². The van der Waals surface area contributed by atoms with Crippen molar-refractivity contribution in [3.05, 3.63) is 23.8 Å². The first-order valence-electron chi connectivity index (χ1n) is 7.83. The van der Waals surface area contributed by atoms with Crippen LogP contribution in [0.1, 0.15) is 26.3 Å². The van der Waals surface area contributed by atoms with Crippen LogP contribution in [0.4, 0.5) is 13.6 Å². The fraction of sp³-hybridized carbons (Fsp3) is 0.588. The fourth-order valence-corrected chi connectivity index (χ4v) is 2.05. The minimum absolute atomic E-state index is 0.169. The van der Waals surface area contributed by atoms with Gasteiger partial charge in [0.1, 0.15) is 5.60 Å². The van der Waals surface area contributed by atoms with E-state index in [-0.39, 0.29) is 6.54 Å². The summed E-state index contributed by atoms with van der Waals surface area (Å²) in [5, 5.41) is 4.74. The summed E-state index contributed by atoms with van der Waals surface area (Å²) >= 11 is 0. The van der Waals surface area contributed by atoms with Gasteiger partial charge in [-0.3, -0.25) is 0 Å². The fourth-order valence-electron chi connectivity index (χ4n) is 2.05. The van der Waals surface area contributed by atoms with Crippen LogP contribution in [-0.4, -0.2) is 44.9 Å². The highest BCUT2D eigenvalue weighted by molar-refractivity contribution is 5.67. The van der Waals surface area contributed by atoms with Gasteiger partial charge < -0.3 is 24.8 Å². The van der Waals surface area contributed by atoms with Gasteiger partial charge in [-0.15, -0.1) is 0 Å². The van der Waals surface area contributed by atoms with Gasteiger partial charge in [-0.1, -0.05) is 12.1 Å². The molecule has 0 aliphatic carbocycles. The molecule has 0 atom stereocenters. The molecule has 0 aromatic heterocycles. The van der Waals surface area contributed by atoms with E-state index in [1.807, 2.05) is 0 Å². The number of alkyl carbamates (subject to hydrolysis) is 1. The Morgan fingerprint density at radius 3 is 2.36 bits per heavy atom. The van der Waals surface area contributed by atoms with Crippen LogP contribution in [0.25, 0.3) is 0 Å². The van der Waals surface area contributed by atoms with Crippen molar-refractivity contribution in [1.82, 2.24) is 10.6 Å². The molecule has 0 radical (unpaired) electrons. The van der Waals surface area contributed by atoms with Crippen LogP contribution in [0, 0.1) is 0 Å². The molecule has 8 heteroatoms. The van der Waals surface area contributed by atoms with E-state index in [1.165, 1.54) is 14.2 Å². The molecule has 0 heterocycles. The number of methoxy groups -OCH3 is 2. The lowest BCUT2D eigenvalue weighted by Crippen LogP contribution is -2.44. The first kappa shape index (κ1) is 21.0. The standard InChI is InChI=1S/C17H26F2N2O4/c1-16(2,3)25-15(22)21-11-17(18,19)10-20-9-12-7-6-8-13(23-4)14(12)24-5/h6-8,20H,9-11H2,1-5H3,(H,21,22). The predicted molar refractivity (Wildman–Crippen MR) is 90.4 cm³/mol. The SMILES string of the molecule is COc1cccc(CNCC(F)(F)CNC(=O)OC(C)(C)C)c1OC. The summed E-state index contributed by atoms with van der Waals surface area (Å²) in [6.07, 6.45) is -0.873. The number of hydrogen-bond acceptors (Lipinski definition) is 5. The van der Waals surface area contributed by atoms with Gasteiger partial charge in [0.15, 0.2) is 11.5 Å². The molecule has 0 spiro atoms. The van der Waals surface area contributed by atoms with Crippen LogP contribution < -0.4 is 20.1 Å². The molecule has 1 aromatic rings. The Kier molecular flexibility index (Phi) is 7.41. The second-order valence-electron chi connectivity index (χ2n) is 6.47. The van der Waals surface area contributed by atoms with Crippen LogP contribution in [0.15, 0.2) is 18.2 Å². The van der Waals surface area contributed by atoms with E-state index in [0.717, 1.165) is 0 Å². The third-order valence-corrected chi connectivity index (χ3v) is 3.07. The minimum atomic E-state index is -3.12. The maximum Gasteiger partial charge on any atom is 0.407 e. The van der Waals surface area contributed by atoms with Crippen molar-refractivity contribution < 1.29 is 27.8 Å². The molecule has 1 aromatic carbocycles. The Bertz CT molecular complexity index is 574. The predicted octanol–water partition coefficient (Wildman–Crippen LogP) is 2.95. The summed E-state index contributed by atoms with van der Waals surface area (Å²) in [5.74, 6) is -2.10. The summed E-state index contributed by atoms with van der Waals surface area (Å²) in [6.45, 7) is 3.73. The van der Waals surface area contributed by atoms with Crippen molar-refractivity contribution in [3.63, 3.8) is 0 Å². The number of rotatable bonds is 8. The normalized spacial score (nSPS) is 11.8. The first-order chi connectivity index (χ1) is 11.6. The summed E-state index contributed by atoms with van der Waals surface area (Å²) < 4.78 is 43.1. The number of para-hydroxylation sites is 1. The molecule has 1 amide bonds. The Hall–Kier alpha value is -2.09. The quantitative estimate of drug-likeness (QED) is 0.746. The molecule has 0 fully saturated rings. The number of hydrogen-bond donors (Lipinski definition) is 2. The number of halogens is 2. The monoisotopic (exact) mass is 360 g/mol. The highest BCUT2D eigenvalue weighted by atomic mass is 19.3. The van der Waals surface area contributed by atoms with Gasteiger partial charge in [-0.2, -0.15) is 0 Å². The molecule has 6 nitrogen and oxygen atoms in total. The van der Waals surface area contributed by atoms with E-state index >= 15 is 0 Å². The molecule has 0 saturated carbocycles. The summed E-state index contributed by atoms with van der Waals surface area (Å²) in [7, 11) is 2.99. The molecular weight excluding hydrogens is 334 g/mol. The largest absolute Gasteiger partial charge is 0.493 e.